The summed E-state index contributed by atoms with van der Waals surface area (Å²) in [4.78, 5) is 13.8. The van der Waals surface area contributed by atoms with Crippen LogP contribution in [0, 0.1) is 18.3 Å². The number of fused-ring (bicyclic) bond motifs is 2. The molecule has 0 atom stereocenters. The Morgan fingerprint density at radius 2 is 2.17 bits per heavy atom. The number of nitriles is 1. The Labute approximate surface area is 137 Å². The van der Waals surface area contributed by atoms with Crippen molar-refractivity contribution in [3.63, 3.8) is 0 Å². The fourth-order valence-electron chi connectivity index (χ4n) is 3.16. The number of carbonyl (C=O) groups is 1. The van der Waals surface area contributed by atoms with Crippen molar-refractivity contribution >= 4 is 33.2 Å². The predicted octanol–water partition coefficient (Wildman–Crippen LogP) is 4.42. The number of nitrogens with one attached hydrogen (secondary N) is 1. The minimum atomic E-state index is -0.296. The van der Waals surface area contributed by atoms with Crippen LogP contribution < -0.4 is 5.32 Å². The third kappa shape index (κ3) is 2.14. The fraction of sp³-hybridized carbons (Fsp3) is 0.222. The summed E-state index contributed by atoms with van der Waals surface area (Å²) in [6, 6.07) is 9.82. The van der Waals surface area contributed by atoms with E-state index in [4.69, 9.17) is 4.42 Å². The molecule has 3 aromatic rings. The number of hydrogen-bond acceptors (Lipinski definition) is 4. The molecule has 1 aromatic carbocycles. The quantitative estimate of drug-likeness (QED) is 0.759. The topological polar surface area (TPSA) is 66.0 Å². The van der Waals surface area contributed by atoms with Crippen molar-refractivity contribution in [1.82, 2.24) is 0 Å². The van der Waals surface area contributed by atoms with Crippen molar-refractivity contribution < 1.29 is 9.21 Å². The molecule has 23 heavy (non-hydrogen) atoms. The van der Waals surface area contributed by atoms with Crippen molar-refractivity contribution in [2.75, 3.05) is 5.32 Å². The summed E-state index contributed by atoms with van der Waals surface area (Å²) in [5.74, 6) is 0.0128. The van der Waals surface area contributed by atoms with Crippen LogP contribution in [-0.4, -0.2) is 5.91 Å². The lowest BCUT2D eigenvalue weighted by Crippen LogP contribution is -2.12. The van der Waals surface area contributed by atoms with Crippen LogP contribution in [0.3, 0.4) is 0 Å². The smallest absolute Gasteiger partial charge is 0.292 e. The summed E-state index contributed by atoms with van der Waals surface area (Å²) >= 11 is 1.51. The summed E-state index contributed by atoms with van der Waals surface area (Å²) in [6.07, 6.45) is 3.01. The molecular weight excluding hydrogens is 308 g/mol. The first-order valence-corrected chi connectivity index (χ1v) is 8.35. The van der Waals surface area contributed by atoms with Crippen LogP contribution in [0.4, 0.5) is 5.00 Å². The Balaban J connectivity index is 1.70. The Morgan fingerprint density at radius 3 is 2.96 bits per heavy atom. The highest BCUT2D eigenvalue weighted by Crippen LogP contribution is 2.39. The average Bonchev–Trinajstić information content (AvgIpc) is 3.21. The summed E-state index contributed by atoms with van der Waals surface area (Å²) in [6.45, 7) is 1.88. The van der Waals surface area contributed by atoms with Crippen LogP contribution in [0.5, 0.6) is 0 Å². The first-order valence-electron chi connectivity index (χ1n) is 7.53. The number of anilines is 1. The molecule has 4 rings (SSSR count). The maximum atomic E-state index is 12.6. The molecule has 2 heterocycles. The van der Waals surface area contributed by atoms with Gasteiger partial charge in [-0.15, -0.1) is 11.3 Å². The van der Waals surface area contributed by atoms with Gasteiger partial charge in [-0.2, -0.15) is 5.26 Å². The highest BCUT2D eigenvalue weighted by atomic mass is 32.1. The van der Waals surface area contributed by atoms with Gasteiger partial charge >= 0.3 is 0 Å². The van der Waals surface area contributed by atoms with Gasteiger partial charge in [-0.05, 0) is 37.8 Å². The lowest BCUT2D eigenvalue weighted by Gasteiger charge is -2.02. The molecule has 0 aliphatic heterocycles. The zero-order valence-corrected chi connectivity index (χ0v) is 13.4. The van der Waals surface area contributed by atoms with E-state index in [2.05, 4.69) is 11.4 Å². The van der Waals surface area contributed by atoms with Crippen LogP contribution in [0.25, 0.3) is 11.0 Å². The largest absolute Gasteiger partial charge is 0.451 e. The molecule has 1 amide bonds. The molecule has 2 aromatic heterocycles. The molecule has 0 spiro atoms. The number of nitrogens with zero attached hydrogens (tertiary/aromatic N) is 1. The van der Waals surface area contributed by atoms with Gasteiger partial charge in [0.15, 0.2) is 5.76 Å². The van der Waals surface area contributed by atoms with Crippen LogP contribution in [0.2, 0.25) is 0 Å². The lowest BCUT2D eigenvalue weighted by molar-refractivity contribution is 0.0998. The molecule has 1 aliphatic carbocycles. The van der Waals surface area contributed by atoms with Crippen LogP contribution in [0.15, 0.2) is 28.7 Å². The van der Waals surface area contributed by atoms with Gasteiger partial charge < -0.3 is 9.73 Å². The third-order valence-corrected chi connectivity index (χ3v) is 5.52. The number of rotatable bonds is 2. The molecule has 0 unspecified atom stereocenters. The number of aryl methyl sites for hydroxylation is 2. The molecule has 1 aliphatic rings. The molecule has 0 radical (unpaired) electrons. The van der Waals surface area contributed by atoms with Gasteiger partial charge in [0, 0.05) is 15.8 Å². The second-order valence-corrected chi connectivity index (χ2v) is 6.78. The highest BCUT2D eigenvalue weighted by molar-refractivity contribution is 7.16. The SMILES string of the molecule is Cc1c(C(=O)Nc2sc3c(c2C#N)CCC3)oc2ccccc12. The minimum absolute atomic E-state index is 0.296. The van der Waals surface area contributed by atoms with E-state index in [1.54, 1.807) is 0 Å². The molecule has 5 heteroatoms. The van der Waals surface area contributed by atoms with Gasteiger partial charge in [-0.1, -0.05) is 18.2 Å². The molecule has 1 N–H and O–H groups in total. The first kappa shape index (κ1) is 14.0. The maximum absolute atomic E-state index is 12.6. The van der Waals surface area contributed by atoms with E-state index >= 15 is 0 Å². The molecule has 0 fully saturated rings. The molecule has 4 nitrogen and oxygen atoms in total. The van der Waals surface area contributed by atoms with Gasteiger partial charge in [0.05, 0.1) is 5.56 Å². The molecule has 0 saturated carbocycles. The number of hydrogen-bond donors (Lipinski definition) is 1. The molecular formula is C18H14N2O2S. The van der Waals surface area contributed by atoms with E-state index in [0.29, 0.717) is 21.9 Å². The Morgan fingerprint density at radius 1 is 1.35 bits per heavy atom. The van der Waals surface area contributed by atoms with Crippen molar-refractivity contribution in [1.29, 1.82) is 5.26 Å². The zero-order chi connectivity index (χ0) is 16.0. The van der Waals surface area contributed by atoms with Gasteiger partial charge in [0.1, 0.15) is 16.7 Å². The number of carbonyl (C=O) groups excluding carboxylic acids is 1. The number of furan rings is 1. The second-order valence-electron chi connectivity index (χ2n) is 5.68. The normalized spacial score (nSPS) is 13.0. The first-order chi connectivity index (χ1) is 11.2. The Hall–Kier alpha value is -2.58. The number of thiophene rings is 1. The standard InChI is InChI=1S/C18H14N2O2S/c1-10-11-5-2-3-7-14(11)22-16(10)17(21)20-18-13(9-19)12-6-4-8-15(12)23-18/h2-3,5,7H,4,6,8H2,1H3,(H,20,21). The van der Waals surface area contributed by atoms with E-state index < -0.39 is 0 Å². The summed E-state index contributed by atoms with van der Waals surface area (Å²) in [5, 5.41) is 13.9. The second kappa shape index (κ2) is 5.25. The zero-order valence-electron chi connectivity index (χ0n) is 12.6. The number of amides is 1. The van der Waals surface area contributed by atoms with Gasteiger partial charge in [0.2, 0.25) is 0 Å². The van der Waals surface area contributed by atoms with Crippen LogP contribution >= 0.6 is 11.3 Å². The van der Waals surface area contributed by atoms with Crippen LogP contribution in [0.1, 0.15) is 38.5 Å². The van der Waals surface area contributed by atoms with Gasteiger partial charge in [-0.25, -0.2) is 0 Å². The highest BCUT2D eigenvalue weighted by Gasteiger charge is 2.25. The third-order valence-electron chi connectivity index (χ3n) is 4.31. The minimum Gasteiger partial charge on any atom is -0.451 e. The van der Waals surface area contributed by atoms with Crippen LogP contribution in [-0.2, 0) is 12.8 Å². The predicted molar refractivity (Wildman–Crippen MR) is 90.0 cm³/mol. The van der Waals surface area contributed by atoms with Crippen molar-refractivity contribution in [3.05, 3.63) is 51.6 Å². The van der Waals surface area contributed by atoms with Gasteiger partial charge in [-0.3, -0.25) is 4.79 Å². The fourth-order valence-corrected chi connectivity index (χ4v) is 4.40. The van der Waals surface area contributed by atoms with Crippen molar-refractivity contribution in [2.24, 2.45) is 0 Å². The van der Waals surface area contributed by atoms with E-state index in [-0.39, 0.29) is 5.91 Å². The maximum Gasteiger partial charge on any atom is 0.292 e. The summed E-state index contributed by atoms with van der Waals surface area (Å²) in [7, 11) is 0. The van der Waals surface area contributed by atoms with E-state index in [0.717, 1.165) is 35.8 Å². The van der Waals surface area contributed by atoms with Gasteiger partial charge in [0.25, 0.3) is 5.91 Å². The van der Waals surface area contributed by atoms with E-state index in [1.807, 2.05) is 31.2 Å². The summed E-state index contributed by atoms with van der Waals surface area (Å²) < 4.78 is 5.69. The lowest BCUT2D eigenvalue weighted by atomic mass is 10.1. The summed E-state index contributed by atoms with van der Waals surface area (Å²) in [5.41, 5.74) is 3.24. The van der Waals surface area contributed by atoms with E-state index in [1.165, 1.54) is 16.2 Å². The number of para-hydroxylation sites is 1. The van der Waals surface area contributed by atoms with Crippen molar-refractivity contribution in [3.8, 4) is 6.07 Å². The number of benzene rings is 1. The monoisotopic (exact) mass is 322 g/mol. The van der Waals surface area contributed by atoms with E-state index in [9.17, 15) is 10.1 Å². The average molecular weight is 322 g/mol. The Kier molecular flexibility index (Phi) is 3.21. The molecule has 114 valence electrons. The van der Waals surface area contributed by atoms with Crippen molar-refractivity contribution in [2.45, 2.75) is 26.2 Å². The molecule has 0 saturated heterocycles. The molecule has 0 bridgehead atoms. The Bertz CT molecular complexity index is 975.